The summed E-state index contributed by atoms with van der Waals surface area (Å²) in [5.41, 5.74) is 1.55. The Balaban J connectivity index is 1.85. The van der Waals surface area contributed by atoms with E-state index in [0.717, 1.165) is 6.42 Å². The van der Waals surface area contributed by atoms with Crippen LogP contribution in [0.15, 0.2) is 36.4 Å². The molecule has 0 saturated heterocycles. The van der Waals surface area contributed by atoms with Crippen LogP contribution in [0.4, 0.5) is 0 Å². The number of H-pyrrole nitrogens is 1. The highest BCUT2D eigenvalue weighted by Crippen LogP contribution is 2.21. The highest BCUT2D eigenvalue weighted by Gasteiger charge is 2.10. The third kappa shape index (κ3) is 3.28. The molecule has 18 heavy (non-hydrogen) atoms. The van der Waals surface area contributed by atoms with E-state index in [4.69, 9.17) is 23.2 Å². The SMILES string of the molecule is O=C(NCCc1ccccc1)c1cc(Cl)c(Cl)[nH]1. The van der Waals surface area contributed by atoms with Crippen molar-refractivity contribution in [1.82, 2.24) is 10.3 Å². The Hall–Kier alpha value is -1.45. The molecule has 2 aromatic rings. The van der Waals surface area contributed by atoms with Gasteiger partial charge in [0.25, 0.3) is 5.91 Å². The largest absolute Gasteiger partial charge is 0.350 e. The lowest BCUT2D eigenvalue weighted by atomic mass is 10.1. The fourth-order valence-corrected chi connectivity index (χ4v) is 1.90. The Morgan fingerprint density at radius 1 is 1.22 bits per heavy atom. The topological polar surface area (TPSA) is 44.9 Å². The number of rotatable bonds is 4. The Morgan fingerprint density at radius 3 is 2.56 bits per heavy atom. The van der Waals surface area contributed by atoms with Gasteiger partial charge in [-0.05, 0) is 18.1 Å². The van der Waals surface area contributed by atoms with Crippen molar-refractivity contribution in [3.8, 4) is 0 Å². The maximum Gasteiger partial charge on any atom is 0.267 e. The van der Waals surface area contributed by atoms with Crippen molar-refractivity contribution in [1.29, 1.82) is 0 Å². The molecular weight excluding hydrogens is 271 g/mol. The van der Waals surface area contributed by atoms with Crippen LogP contribution in [-0.2, 0) is 6.42 Å². The van der Waals surface area contributed by atoms with Crippen LogP contribution in [0, 0.1) is 0 Å². The zero-order chi connectivity index (χ0) is 13.0. The molecule has 2 N–H and O–H groups in total. The molecule has 0 fully saturated rings. The van der Waals surface area contributed by atoms with E-state index in [1.807, 2.05) is 30.3 Å². The zero-order valence-corrected chi connectivity index (χ0v) is 11.1. The van der Waals surface area contributed by atoms with Gasteiger partial charge in [0, 0.05) is 6.54 Å². The minimum atomic E-state index is -0.209. The summed E-state index contributed by atoms with van der Waals surface area (Å²) < 4.78 is 0. The first-order valence-electron chi connectivity index (χ1n) is 5.53. The number of aromatic nitrogens is 1. The van der Waals surface area contributed by atoms with Gasteiger partial charge in [-0.2, -0.15) is 0 Å². The number of aromatic amines is 1. The minimum Gasteiger partial charge on any atom is -0.350 e. The van der Waals surface area contributed by atoms with Crippen LogP contribution in [0.3, 0.4) is 0 Å². The van der Waals surface area contributed by atoms with Gasteiger partial charge in [-0.3, -0.25) is 4.79 Å². The first kappa shape index (κ1) is 13.0. The Morgan fingerprint density at radius 2 is 1.94 bits per heavy atom. The van der Waals surface area contributed by atoms with Crippen LogP contribution in [0.2, 0.25) is 10.2 Å². The van der Waals surface area contributed by atoms with Gasteiger partial charge in [-0.1, -0.05) is 53.5 Å². The van der Waals surface area contributed by atoms with Crippen molar-refractivity contribution in [2.75, 3.05) is 6.54 Å². The molecule has 0 aliphatic heterocycles. The van der Waals surface area contributed by atoms with E-state index in [2.05, 4.69) is 10.3 Å². The summed E-state index contributed by atoms with van der Waals surface area (Å²) in [7, 11) is 0. The lowest BCUT2D eigenvalue weighted by Gasteiger charge is -2.03. The normalized spacial score (nSPS) is 10.3. The summed E-state index contributed by atoms with van der Waals surface area (Å²) in [4.78, 5) is 14.5. The second-order valence-corrected chi connectivity index (χ2v) is 4.62. The van der Waals surface area contributed by atoms with Gasteiger partial charge in [0.05, 0.1) is 5.02 Å². The lowest BCUT2D eigenvalue weighted by Crippen LogP contribution is -2.25. The van der Waals surface area contributed by atoms with E-state index < -0.39 is 0 Å². The molecule has 94 valence electrons. The van der Waals surface area contributed by atoms with Crippen molar-refractivity contribution >= 4 is 29.1 Å². The molecule has 0 spiro atoms. The standard InChI is InChI=1S/C13H12Cl2N2O/c14-10-8-11(17-12(10)15)13(18)16-7-6-9-4-2-1-3-5-9/h1-5,8,17H,6-7H2,(H,16,18). The van der Waals surface area contributed by atoms with Crippen LogP contribution in [-0.4, -0.2) is 17.4 Å². The molecule has 1 amide bonds. The predicted molar refractivity (Wildman–Crippen MR) is 73.3 cm³/mol. The van der Waals surface area contributed by atoms with Crippen LogP contribution < -0.4 is 5.32 Å². The molecule has 1 aromatic carbocycles. The number of carbonyl (C=O) groups excluding carboxylic acids is 1. The van der Waals surface area contributed by atoms with Crippen LogP contribution in [0.25, 0.3) is 0 Å². The number of nitrogens with one attached hydrogen (secondary N) is 2. The van der Waals surface area contributed by atoms with Gasteiger partial charge < -0.3 is 10.3 Å². The molecule has 0 aliphatic rings. The van der Waals surface area contributed by atoms with Gasteiger partial charge in [0.2, 0.25) is 0 Å². The smallest absolute Gasteiger partial charge is 0.267 e. The van der Waals surface area contributed by atoms with Crippen molar-refractivity contribution in [3.63, 3.8) is 0 Å². The van der Waals surface area contributed by atoms with Gasteiger partial charge >= 0.3 is 0 Å². The third-order valence-corrected chi connectivity index (χ3v) is 3.20. The molecule has 0 saturated carbocycles. The van der Waals surface area contributed by atoms with E-state index in [0.29, 0.717) is 17.3 Å². The number of hydrogen-bond acceptors (Lipinski definition) is 1. The summed E-state index contributed by atoms with van der Waals surface area (Å²) >= 11 is 11.5. The molecule has 0 atom stereocenters. The Labute approximate surface area is 115 Å². The number of hydrogen-bond donors (Lipinski definition) is 2. The second-order valence-electron chi connectivity index (χ2n) is 3.84. The monoisotopic (exact) mass is 282 g/mol. The van der Waals surface area contributed by atoms with Crippen molar-refractivity contribution in [2.24, 2.45) is 0 Å². The molecule has 0 bridgehead atoms. The summed E-state index contributed by atoms with van der Waals surface area (Å²) in [6.07, 6.45) is 0.786. The molecule has 0 aliphatic carbocycles. The number of benzene rings is 1. The van der Waals surface area contributed by atoms with Gasteiger partial charge in [0.15, 0.2) is 0 Å². The fourth-order valence-electron chi connectivity index (χ4n) is 1.59. The summed E-state index contributed by atoms with van der Waals surface area (Å²) in [5.74, 6) is -0.209. The quantitative estimate of drug-likeness (QED) is 0.888. The maximum absolute atomic E-state index is 11.7. The van der Waals surface area contributed by atoms with E-state index in [9.17, 15) is 4.79 Å². The molecule has 3 nitrogen and oxygen atoms in total. The van der Waals surface area contributed by atoms with Crippen LogP contribution >= 0.6 is 23.2 Å². The van der Waals surface area contributed by atoms with E-state index in [1.165, 1.54) is 11.6 Å². The summed E-state index contributed by atoms with van der Waals surface area (Å²) in [5, 5.41) is 3.43. The Kier molecular flexibility index (Phi) is 4.28. The molecule has 1 aromatic heterocycles. The van der Waals surface area contributed by atoms with E-state index >= 15 is 0 Å². The Bertz CT molecular complexity index is 518. The van der Waals surface area contributed by atoms with Crippen LogP contribution in [0.5, 0.6) is 0 Å². The summed E-state index contributed by atoms with van der Waals surface area (Å²) in [6, 6.07) is 11.5. The number of halogens is 2. The van der Waals surface area contributed by atoms with Gasteiger partial charge in [0.1, 0.15) is 10.8 Å². The average molecular weight is 283 g/mol. The molecule has 0 radical (unpaired) electrons. The molecule has 2 rings (SSSR count). The van der Waals surface area contributed by atoms with E-state index in [1.54, 1.807) is 0 Å². The van der Waals surface area contributed by atoms with Crippen molar-refractivity contribution < 1.29 is 4.79 Å². The molecular formula is C13H12Cl2N2O. The fraction of sp³-hybridized carbons (Fsp3) is 0.154. The van der Waals surface area contributed by atoms with Gasteiger partial charge in [-0.15, -0.1) is 0 Å². The average Bonchev–Trinajstić information content (AvgIpc) is 2.71. The molecule has 0 unspecified atom stereocenters. The third-order valence-electron chi connectivity index (χ3n) is 2.51. The minimum absolute atomic E-state index is 0.209. The first-order valence-corrected chi connectivity index (χ1v) is 6.28. The highest BCUT2D eigenvalue weighted by atomic mass is 35.5. The summed E-state index contributed by atoms with van der Waals surface area (Å²) in [6.45, 7) is 0.567. The molecule has 5 heteroatoms. The highest BCUT2D eigenvalue weighted by molar-refractivity contribution is 6.41. The van der Waals surface area contributed by atoms with Crippen LogP contribution in [0.1, 0.15) is 16.1 Å². The zero-order valence-electron chi connectivity index (χ0n) is 9.54. The maximum atomic E-state index is 11.7. The van der Waals surface area contributed by atoms with Gasteiger partial charge in [-0.25, -0.2) is 0 Å². The molecule has 1 heterocycles. The van der Waals surface area contributed by atoms with Crippen molar-refractivity contribution in [3.05, 3.63) is 57.8 Å². The first-order chi connectivity index (χ1) is 8.66. The number of carbonyl (C=O) groups is 1. The second kappa shape index (κ2) is 5.94. The van der Waals surface area contributed by atoms with Crippen molar-refractivity contribution in [2.45, 2.75) is 6.42 Å². The lowest BCUT2D eigenvalue weighted by molar-refractivity contribution is 0.0950. The predicted octanol–water partition coefficient (Wildman–Crippen LogP) is 3.29. The number of amides is 1. The van der Waals surface area contributed by atoms with E-state index in [-0.39, 0.29) is 11.1 Å².